The molecule has 6 nitrogen and oxygen atoms in total. The van der Waals surface area contributed by atoms with E-state index in [0.29, 0.717) is 28.6 Å². The number of hydrogen-bond acceptors (Lipinski definition) is 5. The number of thiazole rings is 1. The molecule has 0 unspecified atom stereocenters. The molecule has 2 aromatic carbocycles. The largest absolute Gasteiger partial charge is 0.482 e. The fraction of sp³-hybridized carbons (Fsp3) is 0.150. The van der Waals surface area contributed by atoms with Crippen LogP contribution < -0.4 is 15.4 Å². The normalized spacial score (nSPS) is 12.7. The van der Waals surface area contributed by atoms with Crippen molar-refractivity contribution in [1.29, 1.82) is 0 Å². The van der Waals surface area contributed by atoms with Crippen molar-refractivity contribution >= 4 is 45.6 Å². The Morgan fingerprint density at radius 3 is 3.00 bits per heavy atom. The number of rotatable bonds is 4. The van der Waals surface area contributed by atoms with E-state index in [9.17, 15) is 9.59 Å². The maximum Gasteiger partial charge on any atom is 0.262 e. The summed E-state index contributed by atoms with van der Waals surface area (Å²) in [5.41, 5.74) is 3.11. The van der Waals surface area contributed by atoms with Crippen molar-refractivity contribution in [3.05, 3.63) is 69.2 Å². The molecule has 28 heavy (non-hydrogen) atoms. The van der Waals surface area contributed by atoms with Gasteiger partial charge in [-0.1, -0.05) is 23.7 Å². The summed E-state index contributed by atoms with van der Waals surface area (Å²) < 4.78 is 5.35. The zero-order valence-corrected chi connectivity index (χ0v) is 16.5. The SMILES string of the molecule is Cc1ccc(Cc2cnc(NC(=O)c3ccc4c(c3)OCC(=O)N4)s2)cc1Cl. The first-order valence-electron chi connectivity index (χ1n) is 8.56. The predicted molar refractivity (Wildman–Crippen MR) is 110 cm³/mol. The van der Waals surface area contributed by atoms with Crippen LogP contribution in [0.25, 0.3) is 0 Å². The maximum absolute atomic E-state index is 12.5. The Morgan fingerprint density at radius 2 is 2.18 bits per heavy atom. The Morgan fingerprint density at radius 1 is 1.32 bits per heavy atom. The van der Waals surface area contributed by atoms with Gasteiger partial charge in [0, 0.05) is 28.1 Å². The van der Waals surface area contributed by atoms with Crippen molar-refractivity contribution in [2.45, 2.75) is 13.3 Å². The van der Waals surface area contributed by atoms with Gasteiger partial charge in [-0.25, -0.2) is 4.98 Å². The Bertz CT molecular complexity index is 1080. The van der Waals surface area contributed by atoms with Crippen molar-refractivity contribution in [3.63, 3.8) is 0 Å². The molecule has 0 atom stereocenters. The number of amides is 2. The molecule has 0 aliphatic carbocycles. The lowest BCUT2D eigenvalue weighted by Crippen LogP contribution is -2.25. The Balaban J connectivity index is 1.44. The number of hydrogen-bond donors (Lipinski definition) is 2. The number of nitrogens with one attached hydrogen (secondary N) is 2. The molecular weight excluding hydrogens is 398 g/mol. The quantitative estimate of drug-likeness (QED) is 0.669. The molecule has 0 bridgehead atoms. The Labute approximate surface area is 170 Å². The smallest absolute Gasteiger partial charge is 0.262 e. The van der Waals surface area contributed by atoms with E-state index in [1.165, 1.54) is 11.3 Å². The van der Waals surface area contributed by atoms with E-state index in [2.05, 4.69) is 15.6 Å². The molecule has 2 amide bonds. The predicted octanol–water partition coefficient (Wildman–Crippen LogP) is 4.28. The molecule has 8 heteroatoms. The van der Waals surface area contributed by atoms with Crippen molar-refractivity contribution in [3.8, 4) is 5.75 Å². The number of aryl methyl sites for hydroxylation is 1. The van der Waals surface area contributed by atoms with Gasteiger partial charge in [-0.2, -0.15) is 0 Å². The first kappa shape index (κ1) is 18.5. The van der Waals surface area contributed by atoms with Crippen LogP contribution in [0.3, 0.4) is 0 Å². The number of benzene rings is 2. The minimum absolute atomic E-state index is 0.0586. The lowest BCUT2D eigenvalue weighted by Gasteiger charge is -2.18. The summed E-state index contributed by atoms with van der Waals surface area (Å²) >= 11 is 7.59. The van der Waals surface area contributed by atoms with E-state index in [0.717, 1.165) is 21.0 Å². The molecule has 0 fully saturated rings. The average Bonchev–Trinajstić information content (AvgIpc) is 3.11. The van der Waals surface area contributed by atoms with Crippen LogP contribution >= 0.6 is 22.9 Å². The summed E-state index contributed by atoms with van der Waals surface area (Å²) in [6.45, 7) is 1.91. The van der Waals surface area contributed by atoms with Gasteiger partial charge in [0.15, 0.2) is 11.7 Å². The summed E-state index contributed by atoms with van der Waals surface area (Å²) in [7, 11) is 0. The highest BCUT2D eigenvalue weighted by Gasteiger charge is 2.18. The van der Waals surface area contributed by atoms with Gasteiger partial charge in [-0.15, -0.1) is 11.3 Å². The van der Waals surface area contributed by atoms with Crippen LogP contribution in [0.1, 0.15) is 26.4 Å². The second-order valence-electron chi connectivity index (χ2n) is 6.39. The number of carbonyl (C=O) groups is 2. The summed E-state index contributed by atoms with van der Waals surface area (Å²) in [6.07, 6.45) is 2.44. The molecule has 0 radical (unpaired) electrons. The number of carbonyl (C=O) groups excluding carboxylic acids is 2. The van der Waals surface area contributed by atoms with Crippen molar-refractivity contribution in [2.24, 2.45) is 0 Å². The van der Waals surface area contributed by atoms with Gasteiger partial charge in [-0.3, -0.25) is 14.9 Å². The first-order chi connectivity index (χ1) is 13.5. The molecule has 142 valence electrons. The Kier molecular flexibility index (Phi) is 5.02. The number of halogens is 1. The third-order valence-electron chi connectivity index (χ3n) is 4.27. The zero-order chi connectivity index (χ0) is 19.7. The van der Waals surface area contributed by atoms with Crippen molar-refractivity contribution in [1.82, 2.24) is 4.98 Å². The van der Waals surface area contributed by atoms with Gasteiger partial charge < -0.3 is 10.1 Å². The van der Waals surface area contributed by atoms with Gasteiger partial charge in [0.25, 0.3) is 11.8 Å². The summed E-state index contributed by atoms with van der Waals surface area (Å²) in [4.78, 5) is 29.1. The first-order valence-corrected chi connectivity index (χ1v) is 9.75. The number of nitrogens with zero attached hydrogens (tertiary/aromatic N) is 1. The van der Waals surface area contributed by atoms with Gasteiger partial charge >= 0.3 is 0 Å². The topological polar surface area (TPSA) is 80.3 Å². The molecule has 0 saturated heterocycles. The van der Waals surface area contributed by atoms with Crippen molar-refractivity contribution in [2.75, 3.05) is 17.2 Å². The van der Waals surface area contributed by atoms with Crippen molar-refractivity contribution < 1.29 is 14.3 Å². The van der Waals surface area contributed by atoms with E-state index >= 15 is 0 Å². The van der Waals surface area contributed by atoms with Crippen LogP contribution in [0.2, 0.25) is 5.02 Å². The van der Waals surface area contributed by atoms with Crippen LogP contribution in [-0.4, -0.2) is 23.4 Å². The fourth-order valence-corrected chi connectivity index (χ4v) is 3.82. The highest BCUT2D eigenvalue weighted by Crippen LogP contribution is 2.29. The minimum atomic E-state index is -0.289. The van der Waals surface area contributed by atoms with Crippen LogP contribution in [0.4, 0.5) is 10.8 Å². The molecule has 3 aromatic rings. The van der Waals surface area contributed by atoms with Gasteiger partial charge in [-0.05, 0) is 42.3 Å². The molecular formula is C20H16ClN3O3S. The van der Waals surface area contributed by atoms with Crippen LogP contribution in [-0.2, 0) is 11.2 Å². The van der Waals surface area contributed by atoms with Crippen LogP contribution in [0.5, 0.6) is 5.75 Å². The zero-order valence-electron chi connectivity index (χ0n) is 14.9. The van der Waals surface area contributed by atoms with Crippen LogP contribution in [0.15, 0.2) is 42.6 Å². The molecule has 1 aliphatic rings. The number of anilines is 2. The fourth-order valence-electron chi connectivity index (χ4n) is 2.78. The highest BCUT2D eigenvalue weighted by molar-refractivity contribution is 7.15. The summed E-state index contributed by atoms with van der Waals surface area (Å²) in [5.74, 6) is -0.0270. The molecule has 1 aliphatic heterocycles. The van der Waals surface area contributed by atoms with E-state index < -0.39 is 0 Å². The molecule has 0 saturated carbocycles. The van der Waals surface area contributed by atoms with E-state index in [1.807, 2.05) is 25.1 Å². The maximum atomic E-state index is 12.5. The summed E-state index contributed by atoms with van der Waals surface area (Å²) in [6, 6.07) is 10.8. The third-order valence-corrected chi connectivity index (χ3v) is 5.59. The molecule has 2 N–H and O–H groups in total. The third kappa shape index (κ3) is 4.00. The molecule has 2 heterocycles. The highest BCUT2D eigenvalue weighted by atomic mass is 35.5. The van der Waals surface area contributed by atoms with Crippen LogP contribution in [0, 0.1) is 6.92 Å². The number of aromatic nitrogens is 1. The van der Waals surface area contributed by atoms with E-state index in [-0.39, 0.29) is 18.4 Å². The number of fused-ring (bicyclic) bond motifs is 1. The van der Waals surface area contributed by atoms with E-state index in [1.54, 1.807) is 24.4 Å². The standard InChI is InChI=1S/C20H16ClN3O3S/c1-11-2-3-12(7-15(11)21)6-14-9-22-20(28-14)24-19(26)13-4-5-16-17(8-13)27-10-18(25)23-16/h2-5,7-9H,6,10H2,1H3,(H,23,25)(H,22,24,26). The number of ether oxygens (including phenoxy) is 1. The van der Waals surface area contributed by atoms with E-state index in [4.69, 9.17) is 16.3 Å². The van der Waals surface area contributed by atoms with Gasteiger partial charge in [0.05, 0.1) is 5.69 Å². The minimum Gasteiger partial charge on any atom is -0.482 e. The molecule has 4 rings (SSSR count). The van der Waals surface area contributed by atoms with Gasteiger partial charge in [0.1, 0.15) is 5.75 Å². The second kappa shape index (κ2) is 7.61. The summed E-state index contributed by atoms with van der Waals surface area (Å²) in [5, 5.41) is 6.75. The monoisotopic (exact) mass is 413 g/mol. The lowest BCUT2D eigenvalue weighted by atomic mass is 10.1. The Hall–Kier alpha value is -2.90. The van der Waals surface area contributed by atoms with Gasteiger partial charge in [0.2, 0.25) is 0 Å². The second-order valence-corrected chi connectivity index (χ2v) is 7.92. The lowest BCUT2D eigenvalue weighted by molar-refractivity contribution is -0.118. The average molecular weight is 414 g/mol. The molecule has 1 aromatic heterocycles. The molecule has 0 spiro atoms.